The van der Waals surface area contributed by atoms with Gasteiger partial charge in [-0.2, -0.15) is 0 Å². The molecule has 1 saturated heterocycles. The van der Waals surface area contributed by atoms with Gasteiger partial charge in [0.2, 0.25) is 0 Å². The predicted octanol–water partition coefficient (Wildman–Crippen LogP) is 4.18. The number of ether oxygens (including phenoxy) is 1. The summed E-state index contributed by atoms with van der Waals surface area (Å²) in [5, 5.41) is 20.0. The van der Waals surface area contributed by atoms with Crippen LogP contribution in [0, 0.1) is 5.82 Å². The third-order valence-corrected chi connectivity index (χ3v) is 3.64. The van der Waals surface area contributed by atoms with E-state index in [1.54, 1.807) is 26.1 Å². The number of carbonyl (C=O) groups excluding carboxylic acids is 1. The number of aliphatic imine (C=N–C) groups is 1. The highest BCUT2D eigenvalue weighted by Gasteiger charge is 2.14. The summed E-state index contributed by atoms with van der Waals surface area (Å²) in [4.78, 5) is 12.9. The molecule has 0 saturated carbocycles. The summed E-state index contributed by atoms with van der Waals surface area (Å²) in [6, 6.07) is 6.57. The molecule has 1 aliphatic rings. The zero-order valence-corrected chi connectivity index (χ0v) is 18.1. The van der Waals surface area contributed by atoms with Crippen LogP contribution in [0.25, 0.3) is 0 Å². The van der Waals surface area contributed by atoms with Gasteiger partial charge in [0.05, 0.1) is 6.61 Å². The number of nitrogens with zero attached hydrogens (tertiary/aromatic N) is 1. The molecule has 1 aliphatic heterocycles. The van der Waals surface area contributed by atoms with Gasteiger partial charge in [0.1, 0.15) is 24.0 Å². The van der Waals surface area contributed by atoms with Crippen LogP contribution in [0.5, 0.6) is 0 Å². The van der Waals surface area contributed by atoms with E-state index in [-0.39, 0.29) is 23.4 Å². The van der Waals surface area contributed by atoms with E-state index in [0.29, 0.717) is 0 Å². The topological polar surface area (TPSA) is 91.2 Å². The number of nitrogens with one attached hydrogen (secondary N) is 1. The van der Waals surface area contributed by atoms with E-state index < -0.39 is 0 Å². The van der Waals surface area contributed by atoms with E-state index in [1.807, 2.05) is 13.8 Å². The molecule has 0 radical (unpaired) electrons. The number of rotatable bonds is 3. The van der Waals surface area contributed by atoms with Gasteiger partial charge in [-0.15, -0.1) is 0 Å². The van der Waals surface area contributed by atoms with E-state index in [0.717, 1.165) is 38.1 Å². The van der Waals surface area contributed by atoms with E-state index >= 15 is 0 Å². The monoisotopic (exact) mass is 410 g/mol. The third-order valence-electron chi connectivity index (χ3n) is 3.64. The molecular formula is C22H35FN2O4. The number of aldehydes is 1. The number of halogens is 1. The standard InChI is InChI=1S/C8H9F.C7H14N2O.C5H8O2.C2H4O/c1-2-7-3-5-8(9)6-4-7;1-6(8-2)7-5-9-3-4-10-7;1-3-5(7)4(2)6;1-2-3/h3-6H,2H2,1H3;7,9H,3-5H2,1-2H3;3,6-7H,2H2,1H3;2H,1H3/b;;5-3-;. The highest BCUT2D eigenvalue weighted by molar-refractivity contribution is 5.86. The Labute approximate surface area is 173 Å². The molecule has 0 spiro atoms. The van der Waals surface area contributed by atoms with Crippen molar-refractivity contribution in [2.24, 2.45) is 4.99 Å². The fourth-order valence-corrected chi connectivity index (χ4v) is 1.86. The molecule has 0 aliphatic carbocycles. The molecule has 1 aromatic carbocycles. The van der Waals surface area contributed by atoms with Gasteiger partial charge in [0.25, 0.3) is 0 Å². The van der Waals surface area contributed by atoms with Gasteiger partial charge >= 0.3 is 0 Å². The summed E-state index contributed by atoms with van der Waals surface area (Å²) >= 11 is 0. The Balaban J connectivity index is 0. The number of morpholine rings is 1. The van der Waals surface area contributed by atoms with E-state index in [2.05, 4.69) is 16.9 Å². The van der Waals surface area contributed by atoms with Crippen LogP contribution < -0.4 is 5.32 Å². The number of hydrogen-bond acceptors (Lipinski definition) is 6. The molecule has 0 aromatic heterocycles. The Bertz CT molecular complexity index is 622. The summed E-state index contributed by atoms with van der Waals surface area (Å²) in [7, 11) is 1.80. The van der Waals surface area contributed by atoms with Gasteiger partial charge in [-0.1, -0.05) is 25.6 Å². The minimum Gasteiger partial charge on any atom is -0.505 e. The fourth-order valence-electron chi connectivity index (χ4n) is 1.86. The lowest BCUT2D eigenvalue weighted by Gasteiger charge is -2.23. The average molecular weight is 411 g/mol. The van der Waals surface area contributed by atoms with Crippen molar-refractivity contribution >= 4 is 12.0 Å². The van der Waals surface area contributed by atoms with Crippen molar-refractivity contribution in [2.75, 3.05) is 26.7 Å². The SMILES string of the molecule is C=C(O)/C(O)=C/C.CC=O.CCc1ccc(F)cc1.CN=C(C)C1CNCCO1. The predicted molar refractivity (Wildman–Crippen MR) is 117 cm³/mol. The first-order valence-electron chi connectivity index (χ1n) is 9.40. The summed E-state index contributed by atoms with van der Waals surface area (Å²) < 4.78 is 17.7. The molecule has 2 rings (SSSR count). The van der Waals surface area contributed by atoms with Crippen LogP contribution in [-0.2, 0) is 16.0 Å². The first-order chi connectivity index (χ1) is 13.8. The van der Waals surface area contributed by atoms with Crippen molar-refractivity contribution in [2.45, 2.75) is 40.2 Å². The lowest BCUT2D eigenvalue weighted by molar-refractivity contribution is -0.106. The number of hydrogen-bond donors (Lipinski definition) is 3. The second-order valence-corrected chi connectivity index (χ2v) is 5.76. The second-order valence-electron chi connectivity index (χ2n) is 5.76. The summed E-state index contributed by atoms with van der Waals surface area (Å²) in [6.07, 6.45) is 3.29. The van der Waals surface area contributed by atoms with E-state index in [1.165, 1.54) is 30.7 Å². The summed E-state index contributed by atoms with van der Waals surface area (Å²) in [5.41, 5.74) is 2.25. The van der Waals surface area contributed by atoms with Crippen LogP contribution in [0.1, 0.15) is 33.3 Å². The quantitative estimate of drug-likeness (QED) is 0.301. The molecule has 1 unspecified atom stereocenters. The van der Waals surface area contributed by atoms with Crippen LogP contribution in [0.3, 0.4) is 0 Å². The second kappa shape index (κ2) is 18.8. The van der Waals surface area contributed by atoms with Crippen molar-refractivity contribution in [3.05, 3.63) is 59.8 Å². The molecule has 7 heteroatoms. The first kappa shape index (κ1) is 28.7. The van der Waals surface area contributed by atoms with Crippen molar-refractivity contribution in [3.63, 3.8) is 0 Å². The lowest BCUT2D eigenvalue weighted by atomic mass is 10.2. The average Bonchev–Trinajstić information content (AvgIpc) is 2.75. The van der Waals surface area contributed by atoms with E-state index in [9.17, 15) is 4.39 Å². The Kier molecular flexibility index (Phi) is 18.6. The molecule has 1 atom stereocenters. The van der Waals surface area contributed by atoms with Gasteiger partial charge < -0.3 is 25.1 Å². The molecule has 6 nitrogen and oxygen atoms in total. The maximum atomic E-state index is 12.2. The Morgan fingerprint density at radius 3 is 2.21 bits per heavy atom. The van der Waals surface area contributed by atoms with Crippen LogP contribution in [0.4, 0.5) is 4.39 Å². The first-order valence-corrected chi connectivity index (χ1v) is 9.40. The Morgan fingerprint density at radius 1 is 1.34 bits per heavy atom. The number of aliphatic hydroxyl groups is 2. The van der Waals surface area contributed by atoms with Crippen molar-refractivity contribution in [1.82, 2.24) is 5.32 Å². The molecule has 3 N–H and O–H groups in total. The molecule has 1 heterocycles. The number of aliphatic hydroxyl groups excluding tert-OH is 2. The summed E-state index contributed by atoms with van der Waals surface area (Å²) in [5.74, 6) is -0.616. The van der Waals surface area contributed by atoms with Crippen molar-refractivity contribution in [1.29, 1.82) is 0 Å². The van der Waals surface area contributed by atoms with Gasteiger partial charge in [0, 0.05) is 25.8 Å². The Morgan fingerprint density at radius 2 is 1.90 bits per heavy atom. The maximum Gasteiger partial charge on any atom is 0.152 e. The highest BCUT2D eigenvalue weighted by atomic mass is 19.1. The molecule has 29 heavy (non-hydrogen) atoms. The molecule has 0 bridgehead atoms. The van der Waals surface area contributed by atoms with Gasteiger partial charge in [-0.25, -0.2) is 4.39 Å². The van der Waals surface area contributed by atoms with Crippen molar-refractivity contribution in [3.8, 4) is 0 Å². The lowest BCUT2D eigenvalue weighted by Crippen LogP contribution is -2.42. The fraction of sp³-hybridized carbons (Fsp3) is 0.455. The molecule has 1 fully saturated rings. The molecule has 1 aromatic rings. The molecular weight excluding hydrogens is 375 g/mol. The molecule has 0 amide bonds. The zero-order valence-electron chi connectivity index (χ0n) is 18.1. The van der Waals surface area contributed by atoms with Crippen LogP contribution in [-0.4, -0.2) is 55.1 Å². The Hall–Kier alpha value is -2.51. The van der Waals surface area contributed by atoms with Crippen molar-refractivity contribution < 1.29 is 24.1 Å². The third kappa shape index (κ3) is 16.2. The number of carbonyl (C=O) groups is 1. The number of benzene rings is 1. The maximum absolute atomic E-state index is 12.2. The summed E-state index contributed by atoms with van der Waals surface area (Å²) in [6.45, 7) is 12.8. The largest absolute Gasteiger partial charge is 0.505 e. The minimum absolute atomic E-state index is 0.160. The molecule has 164 valence electrons. The van der Waals surface area contributed by atoms with Gasteiger partial charge in [0.15, 0.2) is 5.76 Å². The van der Waals surface area contributed by atoms with Crippen LogP contribution >= 0.6 is 0 Å². The van der Waals surface area contributed by atoms with Gasteiger partial charge in [-0.05, 0) is 51.0 Å². The van der Waals surface area contributed by atoms with Gasteiger partial charge in [-0.3, -0.25) is 4.99 Å². The zero-order chi connectivity index (χ0) is 22.7. The number of aryl methyl sites for hydroxylation is 1. The van der Waals surface area contributed by atoms with Crippen LogP contribution in [0.2, 0.25) is 0 Å². The van der Waals surface area contributed by atoms with E-state index in [4.69, 9.17) is 19.7 Å². The van der Waals surface area contributed by atoms with Crippen LogP contribution in [0.15, 0.2) is 53.4 Å². The minimum atomic E-state index is -0.289. The highest BCUT2D eigenvalue weighted by Crippen LogP contribution is 2.02. The smallest absolute Gasteiger partial charge is 0.152 e. The normalized spacial score (nSPS) is 16.0. The number of allylic oxidation sites excluding steroid dienone is 1.